The van der Waals surface area contributed by atoms with E-state index in [1.165, 1.54) is 95.1 Å². The van der Waals surface area contributed by atoms with E-state index in [2.05, 4.69) is 352 Å². The first-order valence-corrected chi connectivity index (χ1v) is 40.0. The molecule has 6 heterocycles. The van der Waals surface area contributed by atoms with Crippen LogP contribution in [0.4, 0.5) is 0 Å². The van der Waals surface area contributed by atoms with Crippen LogP contribution in [0, 0.1) is 0 Å². The van der Waals surface area contributed by atoms with E-state index < -0.39 is 0 Å². The first-order chi connectivity index (χ1) is 56.5. The maximum atomic E-state index is 5.51. The third kappa shape index (κ3) is 12.6. The summed E-state index contributed by atoms with van der Waals surface area (Å²) in [4.78, 5) is 31.6. The van der Waals surface area contributed by atoms with Gasteiger partial charge in [0, 0.05) is 95.6 Å². The van der Waals surface area contributed by atoms with Crippen LogP contribution in [0.1, 0.15) is 0 Å². The number of benzene rings is 16. The molecule has 0 bridgehead atoms. The summed E-state index contributed by atoms with van der Waals surface area (Å²) in [6.07, 6.45) is 0. The van der Waals surface area contributed by atoms with Gasteiger partial charge in [0.1, 0.15) is 0 Å². The van der Waals surface area contributed by atoms with E-state index in [9.17, 15) is 0 Å². The quantitative estimate of drug-likeness (QED) is 0.121. The van der Waals surface area contributed by atoms with Crippen molar-refractivity contribution in [2.45, 2.75) is 0 Å². The molecular formula is C106H66N6S2. The molecule has 0 N–H and O–H groups in total. The van der Waals surface area contributed by atoms with E-state index in [4.69, 9.17) is 29.9 Å². The number of aromatic nitrogens is 6. The van der Waals surface area contributed by atoms with Gasteiger partial charge in [-0.1, -0.05) is 364 Å². The van der Waals surface area contributed by atoms with Gasteiger partial charge in [0.2, 0.25) is 0 Å². The fraction of sp³-hybridized carbons (Fsp3) is 0. The van der Waals surface area contributed by atoms with Gasteiger partial charge >= 0.3 is 0 Å². The zero-order valence-electron chi connectivity index (χ0n) is 61.6. The van der Waals surface area contributed by atoms with Gasteiger partial charge in [-0.15, -0.1) is 22.7 Å². The lowest BCUT2D eigenvalue weighted by Crippen LogP contribution is -1.96. The molecule has 0 unspecified atom stereocenters. The van der Waals surface area contributed by atoms with Gasteiger partial charge in [0.15, 0.2) is 11.6 Å². The van der Waals surface area contributed by atoms with Crippen LogP contribution in [0.3, 0.4) is 0 Å². The Bertz CT molecular complexity index is 7250. The molecule has 0 atom stereocenters. The molecule has 6 aromatic heterocycles. The Labute approximate surface area is 666 Å². The van der Waals surface area contributed by atoms with Crippen molar-refractivity contribution in [3.63, 3.8) is 0 Å². The van der Waals surface area contributed by atoms with Gasteiger partial charge < -0.3 is 0 Å². The van der Waals surface area contributed by atoms with Gasteiger partial charge in [0.05, 0.1) is 45.2 Å². The Morgan fingerprint density at radius 1 is 0.175 bits per heavy atom. The molecule has 22 aromatic rings. The Hall–Kier alpha value is -14.5. The fourth-order valence-electron chi connectivity index (χ4n) is 16.2. The van der Waals surface area contributed by atoms with E-state index in [0.717, 1.165) is 112 Å². The fourth-order valence-corrected chi connectivity index (χ4v) is 18.7. The highest BCUT2D eigenvalue weighted by Crippen LogP contribution is 2.49. The highest BCUT2D eigenvalue weighted by molar-refractivity contribution is 7.27. The average molecular weight is 1490 g/mol. The first kappa shape index (κ1) is 67.6. The standard InChI is InChI=1S/C59H37N3S.C47H29N3S/c1-3-13-38(14-4-1)40-25-31-44(32-26-40)52-37-53(62-59(61-52)46-35-27-41(28-36-46)39-15-5-2-6-16-39)45-33-29-43(30-34-45)48-21-12-23-51-55(48)58-56(50-20-9-10-24-54(50)63-58)57(60-51)49-22-11-18-42-17-7-8-19-47(42)49;1-3-13-32(14-4-1)40-29-41(33-15-5-2-6-16-33)50-47(49-40)35-26-27-38-42(28-35)48-45(44-39-19-9-10-21-43(39)51-46(38)44)34-24-22-31(23-25-34)37-20-11-17-30-12-7-8-18-36(30)37/h1-37H;1-29H. The topological polar surface area (TPSA) is 77.3 Å². The molecule has 0 aliphatic carbocycles. The molecule has 8 heteroatoms. The van der Waals surface area contributed by atoms with Crippen LogP contribution in [0.15, 0.2) is 400 Å². The second kappa shape index (κ2) is 29.0. The van der Waals surface area contributed by atoms with Crippen molar-refractivity contribution >= 4 is 106 Å². The number of nitrogens with zero attached hydrogens (tertiary/aromatic N) is 6. The van der Waals surface area contributed by atoms with Crippen molar-refractivity contribution in [2.75, 3.05) is 0 Å². The Morgan fingerprint density at radius 2 is 0.526 bits per heavy atom. The molecule has 0 spiro atoms. The zero-order chi connectivity index (χ0) is 75.4. The van der Waals surface area contributed by atoms with Crippen LogP contribution >= 0.6 is 22.7 Å². The number of thiophene rings is 2. The number of pyridine rings is 2. The Balaban J connectivity index is 0.000000146. The number of hydrogen-bond acceptors (Lipinski definition) is 8. The summed E-state index contributed by atoms with van der Waals surface area (Å²) in [5, 5.41) is 12.1. The molecule has 16 aromatic carbocycles. The normalized spacial score (nSPS) is 11.5. The molecule has 0 fully saturated rings. The summed E-state index contributed by atoms with van der Waals surface area (Å²) in [6.45, 7) is 0. The lowest BCUT2D eigenvalue weighted by molar-refractivity contribution is 1.18. The van der Waals surface area contributed by atoms with Crippen molar-refractivity contribution in [1.29, 1.82) is 0 Å². The molecule has 532 valence electrons. The van der Waals surface area contributed by atoms with Gasteiger partial charge in [0.25, 0.3) is 0 Å². The lowest BCUT2D eigenvalue weighted by Gasteiger charge is -2.14. The molecule has 0 amide bonds. The van der Waals surface area contributed by atoms with Crippen molar-refractivity contribution in [2.24, 2.45) is 0 Å². The lowest BCUT2D eigenvalue weighted by atomic mass is 9.94. The van der Waals surface area contributed by atoms with Crippen molar-refractivity contribution in [3.05, 3.63) is 400 Å². The summed E-state index contributed by atoms with van der Waals surface area (Å²) in [5.41, 5.74) is 25.2. The molecule has 114 heavy (non-hydrogen) atoms. The Kier molecular flexibility index (Phi) is 17.2. The van der Waals surface area contributed by atoms with Crippen LogP contribution in [0.5, 0.6) is 0 Å². The third-order valence-electron chi connectivity index (χ3n) is 21.8. The molecule has 0 aliphatic rings. The summed E-state index contributed by atoms with van der Waals surface area (Å²) >= 11 is 3.69. The summed E-state index contributed by atoms with van der Waals surface area (Å²) in [5.74, 6) is 1.36. The molecule has 6 nitrogen and oxygen atoms in total. The van der Waals surface area contributed by atoms with E-state index in [-0.39, 0.29) is 0 Å². The molecule has 0 radical (unpaired) electrons. The molecule has 0 aliphatic heterocycles. The van der Waals surface area contributed by atoms with Crippen LogP contribution in [0.25, 0.3) is 219 Å². The SMILES string of the molecule is c1ccc(-c2cc(-c3ccccc3)nc(-c3ccc4c(c3)nc(-c3ccc(-c5cccc6ccccc56)cc3)c3c5ccccc5sc43)n2)cc1.c1ccc(-c2ccc(-c3cc(-c4ccc(-c5cccc6nc(-c7cccc8ccccc78)c7c8ccccc8sc7c56)cc4)nc(-c4ccc(-c5ccccc5)cc4)n3)cc2)cc1. The van der Waals surface area contributed by atoms with Crippen molar-refractivity contribution in [1.82, 2.24) is 29.9 Å². The van der Waals surface area contributed by atoms with Crippen molar-refractivity contribution < 1.29 is 0 Å². The Morgan fingerprint density at radius 3 is 1.07 bits per heavy atom. The van der Waals surface area contributed by atoms with E-state index in [1.54, 1.807) is 0 Å². The van der Waals surface area contributed by atoms with Crippen molar-refractivity contribution in [3.8, 4) is 135 Å². The third-order valence-corrected chi connectivity index (χ3v) is 24.2. The monoisotopic (exact) mass is 1490 g/mol. The summed E-state index contributed by atoms with van der Waals surface area (Å²) in [6, 6.07) is 141. The number of rotatable bonds is 12. The summed E-state index contributed by atoms with van der Waals surface area (Å²) < 4.78 is 5.01. The average Bonchev–Trinajstić information content (AvgIpc) is 1.54. The molecule has 0 saturated carbocycles. The summed E-state index contributed by atoms with van der Waals surface area (Å²) in [7, 11) is 0. The minimum atomic E-state index is 0.677. The largest absolute Gasteiger partial charge is 0.247 e. The molecule has 0 saturated heterocycles. The maximum absolute atomic E-state index is 5.51. The minimum Gasteiger partial charge on any atom is -0.247 e. The van der Waals surface area contributed by atoms with E-state index in [0.29, 0.717) is 11.6 Å². The molecular weight excluding hydrogens is 1420 g/mol. The predicted octanol–water partition coefficient (Wildman–Crippen LogP) is 29.1. The zero-order valence-corrected chi connectivity index (χ0v) is 63.2. The maximum Gasteiger partial charge on any atom is 0.160 e. The van der Waals surface area contributed by atoms with Crippen LogP contribution < -0.4 is 0 Å². The van der Waals surface area contributed by atoms with Gasteiger partial charge in [-0.25, -0.2) is 29.9 Å². The predicted molar refractivity (Wildman–Crippen MR) is 481 cm³/mol. The van der Waals surface area contributed by atoms with Gasteiger partial charge in [-0.2, -0.15) is 0 Å². The van der Waals surface area contributed by atoms with E-state index >= 15 is 0 Å². The van der Waals surface area contributed by atoms with Crippen LogP contribution in [-0.4, -0.2) is 29.9 Å². The number of hydrogen-bond donors (Lipinski definition) is 0. The second-order valence-corrected chi connectivity index (χ2v) is 30.8. The second-order valence-electron chi connectivity index (χ2n) is 28.7. The van der Waals surface area contributed by atoms with Crippen LogP contribution in [0.2, 0.25) is 0 Å². The highest BCUT2D eigenvalue weighted by Gasteiger charge is 2.23. The van der Waals surface area contributed by atoms with E-state index in [1.807, 2.05) is 71.2 Å². The van der Waals surface area contributed by atoms with Gasteiger partial charge in [-0.05, 0) is 102 Å². The smallest absolute Gasteiger partial charge is 0.160 e. The molecule has 22 rings (SSSR count). The first-order valence-electron chi connectivity index (χ1n) is 38.4. The van der Waals surface area contributed by atoms with Crippen LogP contribution in [-0.2, 0) is 0 Å². The number of fused-ring (bicyclic) bond motifs is 12. The highest BCUT2D eigenvalue weighted by atomic mass is 32.1. The minimum absolute atomic E-state index is 0.677. The van der Waals surface area contributed by atoms with Gasteiger partial charge in [-0.3, -0.25) is 0 Å².